The van der Waals surface area contributed by atoms with E-state index in [0.717, 1.165) is 74.0 Å². The first-order chi connectivity index (χ1) is 15.7. The molecule has 0 heterocycles. The summed E-state index contributed by atoms with van der Waals surface area (Å²) in [5.41, 5.74) is 3.09. The SMILES string of the molecule is CCCCCOc1ccc(-c2ccc(C(=O)[C@@H]3CCC3CCCCCCOO)cc2)cc1. The number of hydrogen-bond acceptors (Lipinski definition) is 4. The third-order valence-corrected chi connectivity index (χ3v) is 6.69. The van der Waals surface area contributed by atoms with E-state index < -0.39 is 0 Å². The molecule has 0 spiro atoms. The van der Waals surface area contributed by atoms with Crippen molar-refractivity contribution in [1.82, 2.24) is 0 Å². The highest BCUT2D eigenvalue weighted by molar-refractivity contribution is 5.98. The quantitative estimate of drug-likeness (QED) is 0.135. The van der Waals surface area contributed by atoms with Crippen LogP contribution in [0.15, 0.2) is 48.5 Å². The molecule has 1 fully saturated rings. The Balaban J connectivity index is 1.47. The van der Waals surface area contributed by atoms with E-state index in [1.54, 1.807) is 0 Å². The molecule has 174 valence electrons. The van der Waals surface area contributed by atoms with Crippen molar-refractivity contribution >= 4 is 5.78 Å². The van der Waals surface area contributed by atoms with Gasteiger partial charge in [-0.2, -0.15) is 0 Å². The molecule has 2 aromatic carbocycles. The summed E-state index contributed by atoms with van der Waals surface area (Å²) in [6.45, 7) is 3.38. The van der Waals surface area contributed by atoms with Gasteiger partial charge in [0.05, 0.1) is 13.2 Å². The first-order valence-corrected chi connectivity index (χ1v) is 12.4. The van der Waals surface area contributed by atoms with Crippen molar-refractivity contribution in [3.8, 4) is 16.9 Å². The van der Waals surface area contributed by atoms with Crippen LogP contribution in [0.2, 0.25) is 0 Å². The Bertz CT molecular complexity index is 797. The molecule has 0 aromatic heterocycles. The van der Waals surface area contributed by atoms with E-state index in [1.165, 1.54) is 19.3 Å². The van der Waals surface area contributed by atoms with E-state index in [2.05, 4.69) is 36.1 Å². The minimum absolute atomic E-state index is 0.186. The normalized spacial score (nSPS) is 17.7. The van der Waals surface area contributed by atoms with Gasteiger partial charge in [-0.1, -0.05) is 75.4 Å². The molecule has 0 amide bonds. The predicted molar refractivity (Wildman–Crippen MR) is 129 cm³/mol. The lowest BCUT2D eigenvalue weighted by Crippen LogP contribution is -2.33. The van der Waals surface area contributed by atoms with E-state index >= 15 is 0 Å². The van der Waals surface area contributed by atoms with E-state index in [9.17, 15) is 4.79 Å². The standard InChI is InChI=1S/C28H38O4/c1-2-3-7-20-31-26-17-14-23(15-18-26)22-10-12-25(13-11-22)28(29)27-19-16-24(27)9-6-4-5-8-21-32-30/h10-15,17-18,24,27,30H,2-9,16,19-21H2,1H3/t24?,27-/m1/s1. The third kappa shape index (κ3) is 7.18. The molecular formula is C28H38O4. The van der Waals surface area contributed by atoms with Crippen molar-refractivity contribution in [3.63, 3.8) is 0 Å². The lowest BCUT2D eigenvalue weighted by molar-refractivity contribution is -0.242. The zero-order valence-corrected chi connectivity index (χ0v) is 19.4. The summed E-state index contributed by atoms with van der Waals surface area (Å²) in [5, 5.41) is 8.36. The van der Waals surface area contributed by atoms with Crippen molar-refractivity contribution in [2.24, 2.45) is 11.8 Å². The minimum atomic E-state index is 0.186. The van der Waals surface area contributed by atoms with Crippen LogP contribution in [0, 0.1) is 11.8 Å². The van der Waals surface area contributed by atoms with Crippen molar-refractivity contribution in [2.45, 2.75) is 71.1 Å². The van der Waals surface area contributed by atoms with E-state index in [1.807, 2.05) is 24.3 Å². The summed E-state index contributed by atoms with van der Waals surface area (Å²) in [6.07, 6.45) is 11.1. The van der Waals surface area contributed by atoms with Gasteiger partial charge in [-0.3, -0.25) is 10.1 Å². The molecule has 0 saturated heterocycles. The molecular weight excluding hydrogens is 400 g/mol. The van der Waals surface area contributed by atoms with Gasteiger partial charge in [-0.25, -0.2) is 4.89 Å². The van der Waals surface area contributed by atoms with Gasteiger partial charge in [0, 0.05) is 11.5 Å². The lowest BCUT2D eigenvalue weighted by atomic mass is 9.68. The molecule has 1 N–H and O–H groups in total. The number of unbranched alkanes of at least 4 members (excludes halogenated alkanes) is 5. The molecule has 0 radical (unpaired) electrons. The maximum atomic E-state index is 13.0. The van der Waals surface area contributed by atoms with Crippen molar-refractivity contribution in [1.29, 1.82) is 0 Å². The lowest BCUT2D eigenvalue weighted by Gasteiger charge is -2.35. The number of Topliss-reactive ketones (excluding diaryl/α,β-unsaturated/α-hetero) is 1. The highest BCUT2D eigenvalue weighted by Gasteiger charge is 2.36. The van der Waals surface area contributed by atoms with Gasteiger partial charge in [-0.15, -0.1) is 0 Å². The average molecular weight is 439 g/mol. The fourth-order valence-electron chi connectivity index (χ4n) is 4.51. The number of carbonyl (C=O) groups excluding carboxylic acids is 1. The van der Waals surface area contributed by atoms with Crippen LogP contribution in [0.5, 0.6) is 5.75 Å². The number of benzene rings is 2. The summed E-state index contributed by atoms with van der Waals surface area (Å²) >= 11 is 0. The molecule has 4 nitrogen and oxygen atoms in total. The van der Waals surface area contributed by atoms with Crippen LogP contribution in [0.1, 0.15) is 81.5 Å². The van der Waals surface area contributed by atoms with Crippen LogP contribution in [0.3, 0.4) is 0 Å². The molecule has 0 aliphatic heterocycles. The van der Waals surface area contributed by atoms with Crippen molar-refractivity contribution < 1.29 is 19.7 Å². The van der Waals surface area contributed by atoms with Gasteiger partial charge >= 0.3 is 0 Å². The minimum Gasteiger partial charge on any atom is -0.494 e. The second-order valence-corrected chi connectivity index (χ2v) is 9.00. The average Bonchev–Trinajstić information content (AvgIpc) is 2.81. The fraction of sp³-hybridized carbons (Fsp3) is 0.536. The highest BCUT2D eigenvalue weighted by Crippen LogP contribution is 2.40. The summed E-state index contributed by atoms with van der Waals surface area (Å²) in [4.78, 5) is 17.1. The van der Waals surface area contributed by atoms with Gasteiger partial charge < -0.3 is 4.74 Å². The smallest absolute Gasteiger partial charge is 0.166 e. The second kappa shape index (κ2) is 13.4. The Labute approximate surface area is 192 Å². The zero-order valence-electron chi connectivity index (χ0n) is 19.4. The van der Waals surface area contributed by atoms with E-state index in [-0.39, 0.29) is 5.92 Å². The van der Waals surface area contributed by atoms with Gasteiger partial charge in [0.2, 0.25) is 0 Å². The van der Waals surface area contributed by atoms with Crippen LogP contribution in [-0.4, -0.2) is 24.3 Å². The Morgan fingerprint density at radius 1 is 0.844 bits per heavy atom. The Morgan fingerprint density at radius 3 is 2.12 bits per heavy atom. The summed E-state index contributed by atoms with van der Waals surface area (Å²) in [5.74, 6) is 1.93. The molecule has 0 bridgehead atoms. The van der Waals surface area contributed by atoms with Crippen LogP contribution in [-0.2, 0) is 4.89 Å². The Morgan fingerprint density at radius 2 is 1.50 bits per heavy atom. The molecule has 2 aromatic rings. The van der Waals surface area contributed by atoms with Gasteiger partial charge in [0.15, 0.2) is 5.78 Å². The Kier molecular flexibility index (Phi) is 10.2. The zero-order chi connectivity index (χ0) is 22.6. The molecule has 4 heteroatoms. The number of carbonyl (C=O) groups is 1. The van der Waals surface area contributed by atoms with Crippen LogP contribution >= 0.6 is 0 Å². The van der Waals surface area contributed by atoms with E-state index in [4.69, 9.17) is 9.99 Å². The van der Waals surface area contributed by atoms with Gasteiger partial charge in [0.1, 0.15) is 5.75 Å². The van der Waals surface area contributed by atoms with Crippen LogP contribution in [0.25, 0.3) is 11.1 Å². The fourth-order valence-corrected chi connectivity index (χ4v) is 4.51. The van der Waals surface area contributed by atoms with Crippen molar-refractivity contribution in [3.05, 3.63) is 54.1 Å². The predicted octanol–water partition coefficient (Wildman–Crippen LogP) is 7.57. The molecule has 1 aliphatic carbocycles. The molecule has 3 rings (SSSR count). The summed E-state index contributed by atoms with van der Waals surface area (Å²) in [7, 11) is 0. The molecule has 1 saturated carbocycles. The number of ether oxygens (including phenoxy) is 1. The monoisotopic (exact) mass is 438 g/mol. The van der Waals surface area contributed by atoms with Crippen LogP contribution in [0.4, 0.5) is 0 Å². The Hall–Kier alpha value is -2.17. The van der Waals surface area contributed by atoms with Crippen molar-refractivity contribution in [2.75, 3.05) is 13.2 Å². The number of hydrogen-bond donors (Lipinski definition) is 1. The highest BCUT2D eigenvalue weighted by atomic mass is 17.1. The first-order valence-electron chi connectivity index (χ1n) is 12.4. The summed E-state index contributed by atoms with van der Waals surface area (Å²) in [6, 6.07) is 16.3. The maximum absolute atomic E-state index is 13.0. The topological polar surface area (TPSA) is 55.8 Å². The summed E-state index contributed by atoms with van der Waals surface area (Å²) < 4.78 is 5.80. The van der Waals surface area contributed by atoms with Crippen LogP contribution < -0.4 is 4.74 Å². The molecule has 32 heavy (non-hydrogen) atoms. The van der Waals surface area contributed by atoms with E-state index in [0.29, 0.717) is 18.3 Å². The van der Waals surface area contributed by atoms with Gasteiger partial charge in [0.25, 0.3) is 0 Å². The molecule has 1 unspecified atom stereocenters. The number of rotatable bonds is 15. The van der Waals surface area contributed by atoms with Gasteiger partial charge in [-0.05, 0) is 61.3 Å². The maximum Gasteiger partial charge on any atom is 0.166 e. The molecule has 1 aliphatic rings. The second-order valence-electron chi connectivity index (χ2n) is 9.00. The molecule has 2 atom stereocenters. The first kappa shape index (κ1) is 24.5. The largest absolute Gasteiger partial charge is 0.494 e. The number of ketones is 1. The third-order valence-electron chi connectivity index (χ3n) is 6.69.